The summed E-state index contributed by atoms with van der Waals surface area (Å²) < 4.78 is 0. The minimum atomic E-state index is 0.632. The summed E-state index contributed by atoms with van der Waals surface area (Å²) in [6, 6.07) is 0.632. The number of aryl methyl sites for hydroxylation is 1. The first-order valence-electron chi connectivity index (χ1n) is 8.56. The van der Waals surface area contributed by atoms with Crippen LogP contribution in [0.25, 0.3) is 0 Å². The molecule has 118 valence electrons. The third-order valence-electron chi connectivity index (χ3n) is 4.42. The van der Waals surface area contributed by atoms with E-state index in [2.05, 4.69) is 36.0 Å². The Kier molecular flexibility index (Phi) is 6.43. The lowest BCUT2D eigenvalue weighted by Crippen LogP contribution is -2.38. The van der Waals surface area contributed by atoms with Crippen LogP contribution in [-0.2, 0) is 6.54 Å². The highest BCUT2D eigenvalue weighted by atomic mass is 15.3. The van der Waals surface area contributed by atoms with Crippen molar-refractivity contribution in [3.05, 3.63) is 17.5 Å². The topological polar surface area (TPSA) is 41.1 Å². The zero-order valence-corrected chi connectivity index (χ0v) is 13.9. The van der Waals surface area contributed by atoms with Crippen molar-refractivity contribution in [2.24, 2.45) is 0 Å². The summed E-state index contributed by atoms with van der Waals surface area (Å²) in [6.07, 6.45) is 9.81. The average molecular weight is 290 g/mol. The molecule has 1 aliphatic carbocycles. The third-order valence-corrected chi connectivity index (χ3v) is 4.42. The van der Waals surface area contributed by atoms with Crippen molar-refractivity contribution in [1.82, 2.24) is 15.3 Å². The number of nitrogens with zero attached hydrogens (tertiary/aromatic N) is 3. The van der Waals surface area contributed by atoms with Gasteiger partial charge in [0.05, 0.1) is 0 Å². The van der Waals surface area contributed by atoms with Crippen LogP contribution >= 0.6 is 0 Å². The predicted octanol–water partition coefficient (Wildman–Crippen LogP) is 3.44. The molecule has 0 atom stereocenters. The van der Waals surface area contributed by atoms with Crippen molar-refractivity contribution in [3.8, 4) is 0 Å². The minimum absolute atomic E-state index is 0.632. The fraction of sp³-hybridized carbons (Fsp3) is 0.765. The molecular formula is C17H30N4. The van der Waals surface area contributed by atoms with E-state index in [4.69, 9.17) is 4.98 Å². The van der Waals surface area contributed by atoms with Crippen molar-refractivity contribution in [2.75, 3.05) is 18.0 Å². The highest BCUT2D eigenvalue weighted by molar-refractivity contribution is 5.34. The molecule has 0 aliphatic heterocycles. The molecule has 4 heteroatoms. The van der Waals surface area contributed by atoms with Gasteiger partial charge in [-0.3, -0.25) is 0 Å². The van der Waals surface area contributed by atoms with E-state index in [1.165, 1.54) is 37.7 Å². The highest BCUT2D eigenvalue weighted by Gasteiger charge is 2.22. The zero-order valence-electron chi connectivity index (χ0n) is 13.9. The molecule has 2 rings (SSSR count). The second-order valence-electron chi connectivity index (χ2n) is 6.04. The van der Waals surface area contributed by atoms with Crippen molar-refractivity contribution >= 4 is 5.95 Å². The molecule has 0 saturated heterocycles. The first-order valence-corrected chi connectivity index (χ1v) is 8.56. The van der Waals surface area contributed by atoms with E-state index in [0.29, 0.717) is 6.04 Å². The number of hydrogen-bond donors (Lipinski definition) is 1. The Morgan fingerprint density at radius 2 is 2.00 bits per heavy atom. The van der Waals surface area contributed by atoms with Crippen LogP contribution in [0.15, 0.2) is 6.20 Å². The van der Waals surface area contributed by atoms with Crippen LogP contribution in [0.3, 0.4) is 0 Å². The van der Waals surface area contributed by atoms with Gasteiger partial charge in [0, 0.05) is 36.6 Å². The van der Waals surface area contributed by atoms with Gasteiger partial charge in [-0.15, -0.1) is 0 Å². The molecule has 0 unspecified atom stereocenters. The SMILES string of the molecule is CCCNCc1cnc(N(CC)C2CCCCC2)nc1C. The van der Waals surface area contributed by atoms with E-state index in [9.17, 15) is 0 Å². The normalized spacial score (nSPS) is 16.1. The van der Waals surface area contributed by atoms with Crippen molar-refractivity contribution < 1.29 is 0 Å². The Morgan fingerprint density at radius 3 is 2.62 bits per heavy atom. The van der Waals surface area contributed by atoms with E-state index < -0.39 is 0 Å². The van der Waals surface area contributed by atoms with Crippen molar-refractivity contribution in [2.45, 2.75) is 71.9 Å². The maximum atomic E-state index is 4.77. The number of hydrogen-bond acceptors (Lipinski definition) is 4. The maximum absolute atomic E-state index is 4.77. The molecule has 1 fully saturated rings. The number of anilines is 1. The molecule has 0 amide bonds. The first kappa shape index (κ1) is 16.2. The lowest BCUT2D eigenvalue weighted by Gasteiger charge is -2.33. The molecule has 21 heavy (non-hydrogen) atoms. The molecule has 1 heterocycles. The second-order valence-corrected chi connectivity index (χ2v) is 6.04. The van der Waals surface area contributed by atoms with Crippen LogP contribution in [0.5, 0.6) is 0 Å². The molecule has 1 aliphatic rings. The van der Waals surface area contributed by atoms with E-state index in [0.717, 1.165) is 37.7 Å². The van der Waals surface area contributed by atoms with Gasteiger partial charge in [0.1, 0.15) is 0 Å². The highest BCUT2D eigenvalue weighted by Crippen LogP contribution is 2.25. The summed E-state index contributed by atoms with van der Waals surface area (Å²) in [4.78, 5) is 11.8. The smallest absolute Gasteiger partial charge is 0.225 e. The zero-order chi connectivity index (χ0) is 15.1. The molecular weight excluding hydrogens is 260 g/mol. The van der Waals surface area contributed by atoms with Gasteiger partial charge in [-0.05, 0) is 39.7 Å². The van der Waals surface area contributed by atoms with Gasteiger partial charge in [-0.2, -0.15) is 0 Å². The first-order chi connectivity index (χ1) is 10.3. The van der Waals surface area contributed by atoms with Gasteiger partial charge in [-0.25, -0.2) is 9.97 Å². The Morgan fingerprint density at radius 1 is 1.24 bits per heavy atom. The Balaban J connectivity index is 2.05. The van der Waals surface area contributed by atoms with Gasteiger partial charge in [0.15, 0.2) is 0 Å². The van der Waals surface area contributed by atoms with Gasteiger partial charge >= 0.3 is 0 Å². The molecule has 4 nitrogen and oxygen atoms in total. The molecule has 0 bridgehead atoms. The molecule has 1 aromatic rings. The van der Waals surface area contributed by atoms with Crippen LogP contribution in [0, 0.1) is 6.92 Å². The van der Waals surface area contributed by atoms with Crippen LogP contribution in [0.4, 0.5) is 5.95 Å². The van der Waals surface area contributed by atoms with E-state index in [1.807, 2.05) is 6.20 Å². The minimum Gasteiger partial charge on any atom is -0.338 e. The largest absolute Gasteiger partial charge is 0.338 e. The number of rotatable bonds is 7. The lowest BCUT2D eigenvalue weighted by atomic mass is 9.94. The average Bonchev–Trinajstić information content (AvgIpc) is 2.51. The van der Waals surface area contributed by atoms with Crippen LogP contribution in [0.2, 0.25) is 0 Å². The Bertz CT molecular complexity index is 427. The van der Waals surface area contributed by atoms with Gasteiger partial charge in [0.2, 0.25) is 5.95 Å². The summed E-state index contributed by atoms with van der Waals surface area (Å²) in [5.74, 6) is 0.918. The predicted molar refractivity (Wildman–Crippen MR) is 88.7 cm³/mol. The van der Waals surface area contributed by atoms with Crippen molar-refractivity contribution in [3.63, 3.8) is 0 Å². The van der Waals surface area contributed by atoms with E-state index in [1.54, 1.807) is 0 Å². The molecule has 1 N–H and O–H groups in total. The third kappa shape index (κ3) is 4.40. The molecule has 0 spiro atoms. The standard InChI is InChI=1S/C17H30N4/c1-4-11-18-12-15-13-19-17(20-14(15)3)21(5-2)16-9-7-6-8-10-16/h13,16,18H,4-12H2,1-3H3. The maximum Gasteiger partial charge on any atom is 0.225 e. The van der Waals surface area contributed by atoms with Gasteiger partial charge < -0.3 is 10.2 Å². The summed E-state index contributed by atoms with van der Waals surface area (Å²) in [7, 11) is 0. The molecule has 1 aromatic heterocycles. The quantitative estimate of drug-likeness (QED) is 0.781. The van der Waals surface area contributed by atoms with Crippen LogP contribution in [0.1, 0.15) is 63.6 Å². The monoisotopic (exact) mass is 290 g/mol. The summed E-state index contributed by atoms with van der Waals surface area (Å²) in [6.45, 7) is 9.41. The molecule has 0 radical (unpaired) electrons. The Labute approximate surface area is 129 Å². The second kappa shape index (κ2) is 8.32. The van der Waals surface area contributed by atoms with Crippen LogP contribution in [-0.4, -0.2) is 29.1 Å². The van der Waals surface area contributed by atoms with Gasteiger partial charge in [0.25, 0.3) is 0 Å². The molecule has 1 saturated carbocycles. The number of aromatic nitrogens is 2. The molecule has 0 aromatic carbocycles. The number of nitrogens with one attached hydrogen (secondary N) is 1. The Hall–Kier alpha value is -1.16. The van der Waals surface area contributed by atoms with E-state index in [-0.39, 0.29) is 0 Å². The van der Waals surface area contributed by atoms with Crippen LogP contribution < -0.4 is 10.2 Å². The fourth-order valence-corrected chi connectivity index (χ4v) is 3.15. The summed E-state index contributed by atoms with van der Waals surface area (Å²) in [5, 5.41) is 3.42. The summed E-state index contributed by atoms with van der Waals surface area (Å²) >= 11 is 0. The summed E-state index contributed by atoms with van der Waals surface area (Å²) in [5.41, 5.74) is 2.32. The van der Waals surface area contributed by atoms with Crippen molar-refractivity contribution in [1.29, 1.82) is 0 Å². The fourth-order valence-electron chi connectivity index (χ4n) is 3.15. The van der Waals surface area contributed by atoms with Gasteiger partial charge in [-0.1, -0.05) is 26.2 Å². The lowest BCUT2D eigenvalue weighted by molar-refractivity contribution is 0.414. The van der Waals surface area contributed by atoms with E-state index >= 15 is 0 Å².